The van der Waals surface area contributed by atoms with E-state index >= 15 is 0 Å². The van der Waals surface area contributed by atoms with Crippen LogP contribution in [0.1, 0.15) is 12.8 Å². The summed E-state index contributed by atoms with van der Waals surface area (Å²) in [5.41, 5.74) is 0. The highest BCUT2D eigenvalue weighted by molar-refractivity contribution is 7.89. The monoisotopic (exact) mass is 326 g/mol. The number of likely N-dealkylation sites (N-methyl/N-ethyl adjacent to an activating group) is 1. The zero-order chi connectivity index (χ0) is 15.7. The van der Waals surface area contributed by atoms with Gasteiger partial charge in [-0.2, -0.15) is 22.6 Å². The van der Waals surface area contributed by atoms with Gasteiger partial charge < -0.3 is 5.32 Å². The molecule has 0 unspecified atom stereocenters. The smallest absolute Gasteiger partial charge is 0.318 e. The summed E-state index contributed by atoms with van der Waals surface area (Å²) < 4.78 is 64.3. The normalized spacial score (nSPS) is 16.6. The Morgan fingerprint density at radius 2 is 2.14 bits per heavy atom. The Kier molecular flexibility index (Phi) is 4.59. The molecule has 1 aromatic rings. The van der Waals surface area contributed by atoms with Gasteiger partial charge in [0.05, 0.1) is 12.7 Å². The van der Waals surface area contributed by atoms with E-state index in [0.29, 0.717) is 30.2 Å². The average Bonchev–Trinajstić information content (AvgIpc) is 3.10. The molecule has 1 N–H and O–H groups in total. The van der Waals surface area contributed by atoms with Crippen LogP contribution in [0.2, 0.25) is 0 Å². The Labute approximate surface area is 121 Å². The third kappa shape index (κ3) is 4.17. The summed E-state index contributed by atoms with van der Waals surface area (Å²) in [4.78, 5) is -0.199. The van der Waals surface area contributed by atoms with Gasteiger partial charge in [-0.25, -0.2) is 8.42 Å². The van der Waals surface area contributed by atoms with E-state index in [1.807, 2.05) is 0 Å². The first-order valence-corrected chi connectivity index (χ1v) is 7.94. The molecule has 0 bridgehead atoms. The van der Waals surface area contributed by atoms with Gasteiger partial charge in [-0.15, -0.1) is 0 Å². The van der Waals surface area contributed by atoms with E-state index in [2.05, 4.69) is 10.4 Å². The van der Waals surface area contributed by atoms with Gasteiger partial charge in [0.1, 0.15) is 11.4 Å². The molecule has 1 aliphatic rings. The third-order valence-corrected chi connectivity index (χ3v) is 4.95. The summed E-state index contributed by atoms with van der Waals surface area (Å²) in [6.07, 6.45) is -1.28. The van der Waals surface area contributed by atoms with E-state index < -0.39 is 28.8 Å². The van der Waals surface area contributed by atoms with Gasteiger partial charge in [0, 0.05) is 18.8 Å². The highest BCUT2D eigenvalue weighted by Crippen LogP contribution is 2.34. The van der Waals surface area contributed by atoms with Crippen molar-refractivity contribution < 1.29 is 21.6 Å². The molecule has 1 saturated carbocycles. The second-order valence-electron chi connectivity index (χ2n) is 4.94. The van der Waals surface area contributed by atoms with Crippen molar-refractivity contribution in [2.75, 3.05) is 20.1 Å². The predicted molar refractivity (Wildman–Crippen MR) is 69.1 cm³/mol. The van der Waals surface area contributed by atoms with E-state index in [1.54, 1.807) is 7.05 Å². The van der Waals surface area contributed by atoms with E-state index in [9.17, 15) is 21.6 Å². The van der Waals surface area contributed by atoms with E-state index in [1.165, 1.54) is 10.9 Å². The molecular formula is C11H17F3N4O2S. The molecule has 0 amide bonds. The van der Waals surface area contributed by atoms with Crippen LogP contribution in [-0.2, 0) is 16.6 Å². The molecule has 6 nitrogen and oxygen atoms in total. The molecular weight excluding hydrogens is 309 g/mol. The van der Waals surface area contributed by atoms with Gasteiger partial charge in [-0.05, 0) is 19.9 Å². The molecule has 120 valence electrons. The minimum atomic E-state index is -4.56. The van der Waals surface area contributed by atoms with Crippen molar-refractivity contribution in [1.82, 2.24) is 19.4 Å². The van der Waals surface area contributed by atoms with Crippen molar-refractivity contribution in [1.29, 1.82) is 0 Å². The molecule has 21 heavy (non-hydrogen) atoms. The number of hydrogen-bond acceptors (Lipinski definition) is 4. The van der Waals surface area contributed by atoms with Gasteiger partial charge in [0.15, 0.2) is 0 Å². The quantitative estimate of drug-likeness (QED) is 0.805. The largest absolute Gasteiger partial charge is 0.402 e. The number of halogens is 3. The number of nitrogens with zero attached hydrogens (tertiary/aromatic N) is 3. The van der Waals surface area contributed by atoms with Crippen molar-refractivity contribution in [3.8, 4) is 0 Å². The first kappa shape index (κ1) is 16.2. The van der Waals surface area contributed by atoms with Crippen molar-refractivity contribution in [2.24, 2.45) is 0 Å². The minimum absolute atomic E-state index is 0.199. The zero-order valence-corrected chi connectivity index (χ0v) is 12.3. The lowest BCUT2D eigenvalue weighted by atomic mass is 10.6. The van der Waals surface area contributed by atoms with E-state index in [0.717, 1.165) is 6.20 Å². The van der Waals surface area contributed by atoms with Crippen molar-refractivity contribution >= 4 is 10.0 Å². The van der Waals surface area contributed by atoms with Crippen molar-refractivity contribution in [3.63, 3.8) is 0 Å². The average molecular weight is 326 g/mol. The molecule has 1 aliphatic carbocycles. The molecule has 0 aromatic carbocycles. The Balaban J connectivity index is 2.20. The lowest BCUT2D eigenvalue weighted by Crippen LogP contribution is -2.40. The molecule has 0 atom stereocenters. The number of aromatic nitrogens is 2. The number of rotatable bonds is 7. The van der Waals surface area contributed by atoms with Crippen molar-refractivity contribution in [3.05, 3.63) is 12.4 Å². The van der Waals surface area contributed by atoms with Gasteiger partial charge in [-0.1, -0.05) is 0 Å². The zero-order valence-electron chi connectivity index (χ0n) is 11.5. The Morgan fingerprint density at radius 1 is 1.48 bits per heavy atom. The fourth-order valence-corrected chi connectivity index (χ4v) is 3.54. The first-order valence-electron chi connectivity index (χ1n) is 6.49. The van der Waals surface area contributed by atoms with Gasteiger partial charge >= 0.3 is 6.18 Å². The molecule has 0 radical (unpaired) electrons. The summed E-state index contributed by atoms with van der Waals surface area (Å²) in [7, 11) is -2.43. The van der Waals surface area contributed by atoms with Crippen LogP contribution in [0.3, 0.4) is 0 Å². The summed E-state index contributed by atoms with van der Waals surface area (Å²) in [5.74, 6) is 0. The number of nitrogens with one attached hydrogen (secondary N) is 1. The molecule has 10 heteroatoms. The summed E-state index contributed by atoms with van der Waals surface area (Å²) in [6, 6.07) is -0.558. The maximum atomic E-state index is 12.6. The summed E-state index contributed by atoms with van der Waals surface area (Å²) >= 11 is 0. The Bertz CT molecular complexity index is 581. The van der Waals surface area contributed by atoms with Crippen LogP contribution in [0.4, 0.5) is 13.2 Å². The molecule has 1 aromatic heterocycles. The fraction of sp³-hybridized carbons (Fsp3) is 0.727. The van der Waals surface area contributed by atoms with Crippen LogP contribution >= 0.6 is 0 Å². The molecule has 0 aliphatic heterocycles. The van der Waals surface area contributed by atoms with Crippen LogP contribution in [0, 0.1) is 0 Å². The van der Waals surface area contributed by atoms with Crippen LogP contribution in [-0.4, -0.2) is 54.9 Å². The minimum Gasteiger partial charge on any atom is -0.318 e. The first-order chi connectivity index (χ1) is 9.74. The van der Waals surface area contributed by atoms with Crippen LogP contribution in [0.5, 0.6) is 0 Å². The van der Waals surface area contributed by atoms with Gasteiger partial charge in [0.2, 0.25) is 10.0 Å². The maximum absolute atomic E-state index is 12.6. The lowest BCUT2D eigenvalue weighted by molar-refractivity contribution is -0.137. The topological polar surface area (TPSA) is 67.2 Å². The molecule has 0 spiro atoms. The second kappa shape index (κ2) is 5.93. The Morgan fingerprint density at radius 3 is 2.67 bits per heavy atom. The predicted octanol–water partition coefficient (Wildman–Crippen LogP) is 0.818. The lowest BCUT2D eigenvalue weighted by Gasteiger charge is -2.22. The number of alkyl halides is 3. The summed E-state index contributed by atoms with van der Waals surface area (Å²) in [5, 5.41) is 6.74. The maximum Gasteiger partial charge on any atom is 0.402 e. The SMILES string of the molecule is CNCCn1cc(S(=O)(=O)N(CC(F)(F)F)C2CC2)cn1. The van der Waals surface area contributed by atoms with E-state index in [4.69, 9.17) is 0 Å². The van der Waals surface area contributed by atoms with E-state index in [-0.39, 0.29) is 4.90 Å². The van der Waals surface area contributed by atoms with Gasteiger partial charge in [-0.3, -0.25) is 4.68 Å². The molecule has 1 heterocycles. The highest BCUT2D eigenvalue weighted by atomic mass is 32.2. The highest BCUT2D eigenvalue weighted by Gasteiger charge is 2.45. The summed E-state index contributed by atoms with van der Waals surface area (Å²) in [6.45, 7) is -0.438. The molecule has 2 rings (SSSR count). The number of hydrogen-bond donors (Lipinski definition) is 1. The van der Waals surface area contributed by atoms with Crippen molar-refractivity contribution in [2.45, 2.75) is 36.5 Å². The van der Waals surface area contributed by atoms with Gasteiger partial charge in [0.25, 0.3) is 0 Å². The standard InChI is InChI=1S/C11H17F3N4O2S/c1-15-4-5-17-7-10(6-16-17)21(19,20)18(9-2-3-9)8-11(12,13)14/h6-7,9,15H,2-5,8H2,1H3. The van der Waals surface area contributed by atoms with Crippen LogP contribution in [0.25, 0.3) is 0 Å². The number of sulfonamides is 1. The van der Waals surface area contributed by atoms with Crippen LogP contribution < -0.4 is 5.32 Å². The fourth-order valence-electron chi connectivity index (χ4n) is 1.91. The third-order valence-electron chi connectivity index (χ3n) is 3.10. The second-order valence-corrected chi connectivity index (χ2v) is 6.83. The van der Waals surface area contributed by atoms with Crippen LogP contribution in [0.15, 0.2) is 17.3 Å². The Hall–Kier alpha value is -1.13. The molecule has 1 fully saturated rings. The molecule has 0 saturated heterocycles.